The van der Waals surface area contributed by atoms with Gasteiger partial charge in [0.25, 0.3) is 0 Å². The van der Waals surface area contributed by atoms with Crippen molar-refractivity contribution in [2.24, 2.45) is 53.3 Å². The number of carbonyl (C=O) groups is 1. The van der Waals surface area contributed by atoms with Crippen LogP contribution in [0, 0.1) is 53.3 Å². The van der Waals surface area contributed by atoms with E-state index in [1.165, 1.54) is 12.8 Å². The number of carbonyl (C=O) groups excluding carboxylic acids is 1. The van der Waals surface area contributed by atoms with Crippen LogP contribution in [-0.2, 0) is 19.0 Å². The van der Waals surface area contributed by atoms with Crippen molar-refractivity contribution in [1.29, 1.82) is 0 Å². The number of methoxy groups -OCH3 is 1. The van der Waals surface area contributed by atoms with Gasteiger partial charge in [-0.05, 0) is 66.6 Å². The number of ether oxygens (including phenoxy) is 3. The van der Waals surface area contributed by atoms with Gasteiger partial charge in [-0.3, -0.25) is 4.79 Å². The number of esters is 1. The first-order chi connectivity index (χ1) is 11.6. The Kier molecular flexibility index (Phi) is 4.63. The first-order valence-corrected chi connectivity index (χ1v) is 9.86. The predicted molar refractivity (Wildman–Crippen MR) is 90.3 cm³/mol. The van der Waals surface area contributed by atoms with Crippen LogP contribution in [0.25, 0.3) is 0 Å². The molecule has 4 fully saturated rings. The molecule has 0 spiro atoms. The molecule has 136 valence electrons. The fourth-order valence-electron chi connectivity index (χ4n) is 7.05. The van der Waals surface area contributed by atoms with Crippen molar-refractivity contribution in [3.05, 3.63) is 0 Å². The first-order valence-electron chi connectivity index (χ1n) is 9.86. The monoisotopic (exact) mass is 336 g/mol. The Morgan fingerprint density at radius 1 is 0.875 bits per heavy atom. The molecule has 4 aliphatic rings. The van der Waals surface area contributed by atoms with Crippen molar-refractivity contribution >= 4 is 5.97 Å². The fourth-order valence-corrected chi connectivity index (χ4v) is 7.05. The number of hydrogen-bond acceptors (Lipinski definition) is 4. The Balaban J connectivity index is 1.30. The van der Waals surface area contributed by atoms with Crippen LogP contribution in [0.1, 0.15) is 33.1 Å². The molecule has 9 atom stereocenters. The molecule has 0 aromatic heterocycles. The lowest BCUT2D eigenvalue weighted by Gasteiger charge is -2.43. The number of hydrogen-bond donors (Lipinski definition) is 0. The summed E-state index contributed by atoms with van der Waals surface area (Å²) >= 11 is 0. The highest BCUT2D eigenvalue weighted by molar-refractivity contribution is 5.73. The average Bonchev–Trinajstić information content (AvgIpc) is 3.30. The quantitative estimate of drug-likeness (QED) is 0.407. The minimum Gasteiger partial charge on any atom is -0.463 e. The summed E-state index contributed by atoms with van der Waals surface area (Å²) in [6.07, 6.45) is 3.80. The van der Waals surface area contributed by atoms with Crippen molar-refractivity contribution in [2.45, 2.75) is 33.1 Å². The van der Waals surface area contributed by atoms with Crippen molar-refractivity contribution < 1.29 is 19.0 Å². The molecule has 4 rings (SSSR count). The third-order valence-electron chi connectivity index (χ3n) is 8.05. The van der Waals surface area contributed by atoms with E-state index < -0.39 is 0 Å². The van der Waals surface area contributed by atoms with Gasteiger partial charge in [0.1, 0.15) is 6.61 Å². The molecule has 0 radical (unpaired) electrons. The molecule has 0 aliphatic heterocycles. The Labute approximate surface area is 145 Å². The zero-order valence-electron chi connectivity index (χ0n) is 15.3. The van der Waals surface area contributed by atoms with Gasteiger partial charge < -0.3 is 14.2 Å². The molecule has 4 nitrogen and oxygen atoms in total. The van der Waals surface area contributed by atoms with Crippen LogP contribution in [0.5, 0.6) is 0 Å². The summed E-state index contributed by atoms with van der Waals surface area (Å²) in [6, 6.07) is 0. The van der Waals surface area contributed by atoms with Crippen molar-refractivity contribution in [2.75, 3.05) is 33.5 Å². The highest BCUT2D eigenvalue weighted by Gasteiger charge is 2.66. The zero-order chi connectivity index (χ0) is 16.8. The third-order valence-corrected chi connectivity index (χ3v) is 8.05. The third kappa shape index (κ3) is 2.52. The molecule has 0 aromatic carbocycles. The molecular formula is C20H32O4. The summed E-state index contributed by atoms with van der Waals surface area (Å²) in [6.45, 7) is 6.91. The van der Waals surface area contributed by atoms with E-state index in [0.29, 0.717) is 32.3 Å². The van der Waals surface area contributed by atoms with E-state index in [9.17, 15) is 4.79 Å². The van der Waals surface area contributed by atoms with Crippen LogP contribution in [0.3, 0.4) is 0 Å². The van der Waals surface area contributed by atoms with Gasteiger partial charge in [0.05, 0.1) is 25.7 Å². The summed E-state index contributed by atoms with van der Waals surface area (Å²) in [5, 5.41) is 0. The van der Waals surface area contributed by atoms with E-state index in [0.717, 1.165) is 47.8 Å². The second-order valence-corrected chi connectivity index (χ2v) is 8.71. The molecule has 0 heterocycles. The molecule has 0 N–H and O–H groups in total. The standard InChI is InChI=1S/C20H32O4/c1-11-12(2)15-10-14(11)18-13-8-16(19(15)18)17(9-13)20(21)24-7-6-23-5-4-22-3/h11-19H,4-10H2,1-3H3. The van der Waals surface area contributed by atoms with E-state index in [2.05, 4.69) is 13.8 Å². The van der Waals surface area contributed by atoms with Crippen LogP contribution >= 0.6 is 0 Å². The Morgan fingerprint density at radius 3 is 2.33 bits per heavy atom. The van der Waals surface area contributed by atoms with Gasteiger partial charge in [0.2, 0.25) is 0 Å². The molecule has 0 aromatic rings. The number of rotatable bonds is 7. The Morgan fingerprint density at radius 2 is 1.58 bits per heavy atom. The second-order valence-electron chi connectivity index (χ2n) is 8.71. The van der Waals surface area contributed by atoms with E-state index in [-0.39, 0.29) is 11.9 Å². The minimum atomic E-state index is 0.0415. The van der Waals surface area contributed by atoms with Crippen LogP contribution < -0.4 is 0 Å². The summed E-state index contributed by atoms with van der Waals surface area (Å²) in [5.74, 6) is 6.90. The predicted octanol–water partition coefficient (Wildman–Crippen LogP) is 3.00. The molecule has 4 heteroatoms. The van der Waals surface area contributed by atoms with E-state index in [4.69, 9.17) is 14.2 Å². The lowest BCUT2D eigenvalue weighted by molar-refractivity contribution is -0.154. The molecule has 4 bridgehead atoms. The zero-order valence-corrected chi connectivity index (χ0v) is 15.3. The van der Waals surface area contributed by atoms with Gasteiger partial charge in [-0.1, -0.05) is 13.8 Å². The van der Waals surface area contributed by atoms with Crippen molar-refractivity contribution in [3.8, 4) is 0 Å². The average molecular weight is 336 g/mol. The lowest BCUT2D eigenvalue weighted by atomic mass is 9.62. The van der Waals surface area contributed by atoms with Crippen LogP contribution in [0.15, 0.2) is 0 Å². The normalized spacial score (nSPS) is 48.0. The van der Waals surface area contributed by atoms with E-state index in [1.807, 2.05) is 0 Å². The van der Waals surface area contributed by atoms with E-state index >= 15 is 0 Å². The molecular weight excluding hydrogens is 304 g/mol. The number of fused-ring (bicyclic) bond motifs is 9. The maximum atomic E-state index is 12.6. The lowest BCUT2D eigenvalue weighted by Crippen LogP contribution is -2.41. The van der Waals surface area contributed by atoms with Gasteiger partial charge in [-0.2, -0.15) is 0 Å². The van der Waals surface area contributed by atoms with Crippen LogP contribution in [0.2, 0.25) is 0 Å². The maximum absolute atomic E-state index is 12.6. The Hall–Kier alpha value is -0.610. The minimum absolute atomic E-state index is 0.0415. The molecule has 4 saturated carbocycles. The van der Waals surface area contributed by atoms with Gasteiger partial charge in [0.15, 0.2) is 0 Å². The Bertz CT molecular complexity index is 478. The topological polar surface area (TPSA) is 44.8 Å². The summed E-state index contributed by atoms with van der Waals surface area (Å²) in [4.78, 5) is 12.6. The highest BCUT2D eigenvalue weighted by Crippen LogP contribution is 2.71. The molecule has 24 heavy (non-hydrogen) atoms. The smallest absolute Gasteiger partial charge is 0.309 e. The van der Waals surface area contributed by atoms with Gasteiger partial charge in [0, 0.05) is 7.11 Å². The van der Waals surface area contributed by atoms with E-state index in [1.54, 1.807) is 7.11 Å². The van der Waals surface area contributed by atoms with Crippen molar-refractivity contribution in [3.63, 3.8) is 0 Å². The largest absolute Gasteiger partial charge is 0.463 e. The van der Waals surface area contributed by atoms with Gasteiger partial charge >= 0.3 is 5.97 Å². The summed E-state index contributed by atoms with van der Waals surface area (Å²) in [5.41, 5.74) is 0. The molecule has 0 saturated heterocycles. The first kappa shape index (κ1) is 16.8. The fraction of sp³-hybridized carbons (Fsp3) is 0.950. The van der Waals surface area contributed by atoms with Gasteiger partial charge in [-0.15, -0.1) is 0 Å². The molecule has 4 aliphatic carbocycles. The molecule has 9 unspecified atom stereocenters. The highest BCUT2D eigenvalue weighted by atomic mass is 16.6. The van der Waals surface area contributed by atoms with Crippen LogP contribution in [-0.4, -0.2) is 39.5 Å². The van der Waals surface area contributed by atoms with Gasteiger partial charge in [-0.25, -0.2) is 0 Å². The maximum Gasteiger partial charge on any atom is 0.309 e. The van der Waals surface area contributed by atoms with Crippen LogP contribution in [0.4, 0.5) is 0 Å². The molecule has 0 amide bonds. The summed E-state index contributed by atoms with van der Waals surface area (Å²) < 4.78 is 15.8. The second kappa shape index (κ2) is 6.60. The van der Waals surface area contributed by atoms with Crippen molar-refractivity contribution in [1.82, 2.24) is 0 Å². The SMILES string of the molecule is COCCOCCOC(=O)C1CC2CC1C1C3CC(C(C)C3C)C21. The summed E-state index contributed by atoms with van der Waals surface area (Å²) in [7, 11) is 1.66.